The number of aromatic carboxylic acids is 1. The molecule has 0 atom stereocenters. The zero-order valence-electron chi connectivity index (χ0n) is 9.28. The molecule has 1 aromatic carbocycles. The van der Waals surface area contributed by atoms with Crippen LogP contribution in [-0.4, -0.2) is 11.1 Å². The first-order valence-electron chi connectivity index (χ1n) is 5.82. The van der Waals surface area contributed by atoms with Crippen LogP contribution in [0, 0.1) is 0 Å². The van der Waals surface area contributed by atoms with Crippen LogP contribution in [0.5, 0.6) is 0 Å². The van der Waals surface area contributed by atoms with Crippen LogP contribution < -0.4 is 5.73 Å². The smallest absolute Gasteiger partial charge is 0.336 e. The van der Waals surface area contributed by atoms with Crippen molar-refractivity contribution >= 4 is 11.7 Å². The van der Waals surface area contributed by atoms with Crippen LogP contribution >= 0.6 is 0 Å². The standard InChI is InChI=1S/C13H17NO2/c14-11-8-4-7-10(13(15)16)12(11)9-5-2-1-3-6-9/h4,7-9H,1-3,5-6,14H2,(H,15,16). The molecule has 1 aliphatic rings. The van der Waals surface area contributed by atoms with Gasteiger partial charge < -0.3 is 10.8 Å². The third-order valence-corrected chi connectivity index (χ3v) is 3.38. The van der Waals surface area contributed by atoms with Crippen LogP contribution in [0.4, 0.5) is 5.69 Å². The number of rotatable bonds is 2. The van der Waals surface area contributed by atoms with Gasteiger partial charge in [0.05, 0.1) is 5.56 Å². The molecule has 3 nitrogen and oxygen atoms in total. The molecule has 1 aliphatic carbocycles. The van der Waals surface area contributed by atoms with E-state index in [1.54, 1.807) is 18.2 Å². The molecule has 3 heteroatoms. The Morgan fingerprint density at radius 2 is 1.94 bits per heavy atom. The third kappa shape index (κ3) is 2.03. The van der Waals surface area contributed by atoms with E-state index in [2.05, 4.69) is 0 Å². The first kappa shape index (κ1) is 11.0. The average molecular weight is 219 g/mol. The lowest BCUT2D eigenvalue weighted by atomic mass is 9.81. The summed E-state index contributed by atoms with van der Waals surface area (Å²) in [6, 6.07) is 5.17. The fraction of sp³-hybridized carbons (Fsp3) is 0.462. The molecule has 0 heterocycles. The predicted molar refractivity (Wildman–Crippen MR) is 63.6 cm³/mol. The molecule has 0 saturated heterocycles. The highest BCUT2D eigenvalue weighted by atomic mass is 16.4. The highest BCUT2D eigenvalue weighted by molar-refractivity contribution is 5.91. The molecule has 0 aromatic heterocycles. The first-order chi connectivity index (χ1) is 7.70. The minimum absolute atomic E-state index is 0.334. The van der Waals surface area contributed by atoms with Crippen molar-refractivity contribution in [2.75, 3.05) is 5.73 Å². The Labute approximate surface area is 95.3 Å². The van der Waals surface area contributed by atoms with Gasteiger partial charge in [-0.2, -0.15) is 0 Å². The van der Waals surface area contributed by atoms with Gasteiger partial charge in [0, 0.05) is 5.69 Å². The van der Waals surface area contributed by atoms with E-state index in [0.29, 0.717) is 17.2 Å². The Bertz CT molecular complexity index is 395. The molecule has 0 amide bonds. The van der Waals surface area contributed by atoms with E-state index in [1.807, 2.05) is 0 Å². The topological polar surface area (TPSA) is 63.3 Å². The maximum Gasteiger partial charge on any atom is 0.336 e. The fourth-order valence-electron chi connectivity index (χ4n) is 2.62. The van der Waals surface area contributed by atoms with Crippen LogP contribution in [0.3, 0.4) is 0 Å². The van der Waals surface area contributed by atoms with Gasteiger partial charge in [0.2, 0.25) is 0 Å². The average Bonchev–Trinajstić information content (AvgIpc) is 2.29. The van der Waals surface area contributed by atoms with Crippen LogP contribution in [-0.2, 0) is 0 Å². The summed E-state index contributed by atoms with van der Waals surface area (Å²) in [6.45, 7) is 0. The van der Waals surface area contributed by atoms with Gasteiger partial charge in [-0.25, -0.2) is 4.79 Å². The molecule has 0 radical (unpaired) electrons. The minimum Gasteiger partial charge on any atom is -0.478 e. The quantitative estimate of drug-likeness (QED) is 0.751. The zero-order chi connectivity index (χ0) is 11.5. The maximum absolute atomic E-state index is 11.2. The number of hydrogen-bond acceptors (Lipinski definition) is 2. The van der Waals surface area contributed by atoms with Gasteiger partial charge in [-0.05, 0) is 36.5 Å². The zero-order valence-corrected chi connectivity index (χ0v) is 9.28. The van der Waals surface area contributed by atoms with Crippen molar-refractivity contribution in [1.29, 1.82) is 0 Å². The number of carboxylic acids is 1. The first-order valence-corrected chi connectivity index (χ1v) is 5.82. The number of nitrogens with two attached hydrogens (primary N) is 1. The van der Waals surface area contributed by atoms with Crippen molar-refractivity contribution < 1.29 is 9.90 Å². The summed E-state index contributed by atoms with van der Waals surface area (Å²) in [4.78, 5) is 11.2. The van der Waals surface area contributed by atoms with Crippen LogP contribution in [0.2, 0.25) is 0 Å². The molecule has 16 heavy (non-hydrogen) atoms. The van der Waals surface area contributed by atoms with Crippen molar-refractivity contribution in [2.45, 2.75) is 38.0 Å². The number of nitrogen functional groups attached to an aromatic ring is 1. The number of hydrogen-bond donors (Lipinski definition) is 2. The molecule has 1 fully saturated rings. The summed E-state index contributed by atoms with van der Waals surface area (Å²) in [5, 5.41) is 9.17. The molecule has 0 spiro atoms. The number of carboxylic acid groups (broad SMARTS) is 1. The summed E-state index contributed by atoms with van der Waals surface area (Å²) in [6.07, 6.45) is 5.74. The summed E-state index contributed by atoms with van der Waals surface area (Å²) >= 11 is 0. The van der Waals surface area contributed by atoms with E-state index < -0.39 is 5.97 Å². The number of benzene rings is 1. The van der Waals surface area contributed by atoms with Crippen LogP contribution in [0.1, 0.15) is 53.9 Å². The van der Waals surface area contributed by atoms with Gasteiger partial charge in [0.25, 0.3) is 0 Å². The molecule has 3 N–H and O–H groups in total. The van der Waals surface area contributed by atoms with Crippen molar-refractivity contribution in [1.82, 2.24) is 0 Å². The van der Waals surface area contributed by atoms with E-state index in [9.17, 15) is 4.79 Å². The minimum atomic E-state index is -0.868. The second-order valence-electron chi connectivity index (χ2n) is 4.45. The Kier molecular flexibility index (Phi) is 3.13. The van der Waals surface area contributed by atoms with E-state index in [-0.39, 0.29) is 0 Å². The van der Waals surface area contributed by atoms with Gasteiger partial charge in [-0.3, -0.25) is 0 Å². The number of carbonyl (C=O) groups is 1. The monoisotopic (exact) mass is 219 g/mol. The van der Waals surface area contributed by atoms with Crippen LogP contribution in [0.15, 0.2) is 18.2 Å². The van der Waals surface area contributed by atoms with Crippen molar-refractivity contribution in [2.24, 2.45) is 0 Å². The summed E-state index contributed by atoms with van der Waals surface area (Å²) in [7, 11) is 0. The maximum atomic E-state index is 11.2. The van der Waals surface area contributed by atoms with Crippen molar-refractivity contribution in [3.63, 3.8) is 0 Å². The van der Waals surface area contributed by atoms with Gasteiger partial charge in [-0.1, -0.05) is 25.3 Å². The molecule has 0 bridgehead atoms. The second kappa shape index (κ2) is 4.56. The third-order valence-electron chi connectivity index (χ3n) is 3.38. The highest BCUT2D eigenvalue weighted by Gasteiger charge is 2.23. The molecule has 0 aliphatic heterocycles. The normalized spacial score (nSPS) is 17.2. The lowest BCUT2D eigenvalue weighted by Gasteiger charge is -2.24. The molecular weight excluding hydrogens is 202 g/mol. The Balaban J connectivity index is 2.40. The lowest BCUT2D eigenvalue weighted by molar-refractivity contribution is 0.0695. The van der Waals surface area contributed by atoms with E-state index in [0.717, 1.165) is 18.4 Å². The van der Waals surface area contributed by atoms with E-state index >= 15 is 0 Å². The van der Waals surface area contributed by atoms with Crippen LogP contribution in [0.25, 0.3) is 0 Å². The van der Waals surface area contributed by atoms with Gasteiger partial charge in [0.1, 0.15) is 0 Å². The molecule has 1 saturated carbocycles. The molecule has 2 rings (SSSR count). The Morgan fingerprint density at radius 1 is 1.25 bits per heavy atom. The molecule has 86 valence electrons. The van der Waals surface area contributed by atoms with Crippen molar-refractivity contribution in [3.8, 4) is 0 Å². The highest BCUT2D eigenvalue weighted by Crippen LogP contribution is 2.37. The molecule has 0 unspecified atom stereocenters. The molecular formula is C13H17NO2. The van der Waals surface area contributed by atoms with Gasteiger partial charge in [0.15, 0.2) is 0 Å². The predicted octanol–water partition coefficient (Wildman–Crippen LogP) is 3.01. The Morgan fingerprint density at radius 3 is 2.56 bits per heavy atom. The van der Waals surface area contributed by atoms with Gasteiger partial charge >= 0.3 is 5.97 Å². The van der Waals surface area contributed by atoms with Crippen molar-refractivity contribution in [3.05, 3.63) is 29.3 Å². The van der Waals surface area contributed by atoms with Gasteiger partial charge in [-0.15, -0.1) is 0 Å². The lowest BCUT2D eigenvalue weighted by Crippen LogP contribution is -2.13. The summed E-state index contributed by atoms with van der Waals surface area (Å²) in [5.74, 6) is -0.533. The van der Waals surface area contributed by atoms with E-state index in [1.165, 1.54) is 19.3 Å². The number of anilines is 1. The Hall–Kier alpha value is -1.51. The largest absolute Gasteiger partial charge is 0.478 e. The fourth-order valence-corrected chi connectivity index (χ4v) is 2.62. The molecule has 1 aromatic rings. The van der Waals surface area contributed by atoms with E-state index in [4.69, 9.17) is 10.8 Å². The summed E-state index contributed by atoms with van der Waals surface area (Å²) in [5.41, 5.74) is 7.80. The SMILES string of the molecule is Nc1cccc(C(=O)O)c1C1CCCCC1. The summed E-state index contributed by atoms with van der Waals surface area (Å²) < 4.78 is 0. The second-order valence-corrected chi connectivity index (χ2v) is 4.45.